The fourth-order valence-corrected chi connectivity index (χ4v) is 2.56. The second-order valence-corrected chi connectivity index (χ2v) is 5.83. The molecule has 1 aromatic rings. The SMILES string of the molecule is CN(C)Cc1cc(C(=O)N2CCCCC2)nc(C(F)(F)F)c1. The summed E-state index contributed by atoms with van der Waals surface area (Å²) in [4.78, 5) is 19.3. The molecular weight excluding hydrogens is 295 g/mol. The highest BCUT2D eigenvalue weighted by Crippen LogP contribution is 2.29. The first kappa shape index (κ1) is 16.7. The van der Waals surface area contributed by atoms with Crippen molar-refractivity contribution in [3.05, 3.63) is 29.1 Å². The molecule has 1 saturated heterocycles. The summed E-state index contributed by atoms with van der Waals surface area (Å²) in [6, 6.07) is 2.47. The second-order valence-electron chi connectivity index (χ2n) is 5.83. The Morgan fingerprint density at radius 2 is 1.86 bits per heavy atom. The number of hydrogen-bond donors (Lipinski definition) is 0. The van der Waals surface area contributed by atoms with Gasteiger partial charge in [0.15, 0.2) is 0 Å². The summed E-state index contributed by atoms with van der Waals surface area (Å²) in [5, 5.41) is 0. The Kier molecular flexibility index (Phi) is 5.05. The third kappa shape index (κ3) is 4.19. The van der Waals surface area contributed by atoms with E-state index in [1.165, 1.54) is 6.07 Å². The minimum atomic E-state index is -4.56. The molecule has 0 unspecified atom stereocenters. The van der Waals surface area contributed by atoms with E-state index in [4.69, 9.17) is 0 Å². The summed E-state index contributed by atoms with van der Waals surface area (Å²) >= 11 is 0. The maximum atomic E-state index is 13.0. The normalized spacial score (nSPS) is 16.2. The molecule has 0 spiro atoms. The lowest BCUT2D eigenvalue weighted by Crippen LogP contribution is -2.36. The molecule has 0 N–H and O–H groups in total. The van der Waals surface area contributed by atoms with Gasteiger partial charge >= 0.3 is 6.18 Å². The van der Waals surface area contributed by atoms with Crippen LogP contribution in [-0.4, -0.2) is 47.9 Å². The van der Waals surface area contributed by atoms with Gasteiger partial charge in [-0.1, -0.05) is 0 Å². The smallest absolute Gasteiger partial charge is 0.337 e. The van der Waals surface area contributed by atoms with Crippen LogP contribution in [0.15, 0.2) is 12.1 Å². The standard InChI is InChI=1S/C15H20F3N3O/c1-20(2)10-11-8-12(19-13(9-11)15(16,17)18)14(22)21-6-4-3-5-7-21/h8-9H,3-7,10H2,1-2H3. The number of amides is 1. The van der Waals surface area contributed by atoms with Crippen LogP contribution in [-0.2, 0) is 12.7 Å². The highest BCUT2D eigenvalue weighted by atomic mass is 19.4. The molecule has 0 radical (unpaired) electrons. The molecule has 0 atom stereocenters. The van der Waals surface area contributed by atoms with Crippen molar-refractivity contribution < 1.29 is 18.0 Å². The minimum absolute atomic E-state index is 0.117. The predicted molar refractivity (Wildman–Crippen MR) is 76.4 cm³/mol. The van der Waals surface area contributed by atoms with Crippen molar-refractivity contribution >= 4 is 5.91 Å². The van der Waals surface area contributed by atoms with Crippen LogP contribution in [0.1, 0.15) is 41.0 Å². The molecule has 1 fully saturated rings. The summed E-state index contributed by atoms with van der Waals surface area (Å²) in [7, 11) is 3.53. The van der Waals surface area contributed by atoms with Gasteiger partial charge in [0, 0.05) is 19.6 Å². The average Bonchev–Trinajstić information content (AvgIpc) is 2.45. The lowest BCUT2D eigenvalue weighted by atomic mass is 10.1. The number of carbonyl (C=O) groups excluding carboxylic acids is 1. The average molecular weight is 315 g/mol. The summed E-state index contributed by atoms with van der Waals surface area (Å²) in [6.45, 7) is 1.49. The number of hydrogen-bond acceptors (Lipinski definition) is 3. The Balaban J connectivity index is 2.34. The highest BCUT2D eigenvalue weighted by Gasteiger charge is 2.34. The summed E-state index contributed by atoms with van der Waals surface area (Å²) in [6.07, 6.45) is -1.74. The molecular formula is C15H20F3N3O. The van der Waals surface area contributed by atoms with E-state index in [-0.39, 0.29) is 5.69 Å². The van der Waals surface area contributed by atoms with E-state index < -0.39 is 17.8 Å². The molecule has 0 bridgehead atoms. The monoisotopic (exact) mass is 315 g/mol. The number of aromatic nitrogens is 1. The number of carbonyl (C=O) groups is 1. The fourth-order valence-electron chi connectivity index (χ4n) is 2.56. The summed E-state index contributed by atoms with van der Waals surface area (Å²) in [5.41, 5.74) is -0.687. The van der Waals surface area contributed by atoms with Gasteiger partial charge < -0.3 is 9.80 Å². The Morgan fingerprint density at radius 1 is 1.23 bits per heavy atom. The van der Waals surface area contributed by atoms with Gasteiger partial charge in [-0.3, -0.25) is 4.79 Å². The van der Waals surface area contributed by atoms with E-state index in [2.05, 4.69) is 4.98 Å². The number of likely N-dealkylation sites (tertiary alicyclic amines) is 1. The van der Waals surface area contributed by atoms with Crippen LogP contribution < -0.4 is 0 Å². The molecule has 2 rings (SSSR count). The van der Waals surface area contributed by atoms with E-state index in [0.717, 1.165) is 25.3 Å². The third-order valence-electron chi connectivity index (χ3n) is 3.54. The lowest BCUT2D eigenvalue weighted by molar-refractivity contribution is -0.141. The molecule has 2 heterocycles. The Labute approximate surface area is 127 Å². The third-order valence-corrected chi connectivity index (χ3v) is 3.54. The van der Waals surface area contributed by atoms with Crippen molar-refractivity contribution in [1.29, 1.82) is 0 Å². The molecule has 1 amide bonds. The van der Waals surface area contributed by atoms with E-state index in [1.807, 2.05) is 0 Å². The Morgan fingerprint density at radius 3 is 2.41 bits per heavy atom. The van der Waals surface area contributed by atoms with Gasteiger partial charge in [-0.05, 0) is 51.1 Å². The zero-order valence-corrected chi connectivity index (χ0v) is 12.8. The van der Waals surface area contributed by atoms with Crippen molar-refractivity contribution in [3.63, 3.8) is 0 Å². The van der Waals surface area contributed by atoms with Crippen molar-refractivity contribution in [2.45, 2.75) is 32.0 Å². The van der Waals surface area contributed by atoms with E-state index in [9.17, 15) is 18.0 Å². The second kappa shape index (κ2) is 6.64. The van der Waals surface area contributed by atoms with Crippen LogP contribution in [0, 0.1) is 0 Å². The van der Waals surface area contributed by atoms with E-state index >= 15 is 0 Å². The first-order chi connectivity index (χ1) is 10.3. The van der Waals surface area contributed by atoms with Crippen LogP contribution in [0.2, 0.25) is 0 Å². The molecule has 0 aromatic carbocycles. The molecule has 22 heavy (non-hydrogen) atoms. The van der Waals surface area contributed by atoms with Gasteiger partial charge in [0.2, 0.25) is 0 Å². The summed E-state index contributed by atoms with van der Waals surface area (Å²) in [5.74, 6) is -0.411. The van der Waals surface area contributed by atoms with Gasteiger partial charge in [-0.15, -0.1) is 0 Å². The van der Waals surface area contributed by atoms with Crippen LogP contribution >= 0.6 is 0 Å². The number of rotatable bonds is 3. The zero-order valence-electron chi connectivity index (χ0n) is 12.8. The van der Waals surface area contributed by atoms with Gasteiger partial charge in [0.25, 0.3) is 5.91 Å². The molecule has 0 aliphatic carbocycles. The number of piperidine rings is 1. The molecule has 1 aliphatic rings. The van der Waals surface area contributed by atoms with Gasteiger partial charge in [0.05, 0.1) is 0 Å². The van der Waals surface area contributed by atoms with Crippen molar-refractivity contribution in [3.8, 4) is 0 Å². The molecule has 1 aromatic heterocycles. The van der Waals surface area contributed by atoms with Gasteiger partial charge in [-0.25, -0.2) is 4.98 Å². The Hall–Kier alpha value is -1.63. The van der Waals surface area contributed by atoms with Crippen LogP contribution in [0.4, 0.5) is 13.2 Å². The lowest BCUT2D eigenvalue weighted by Gasteiger charge is -2.26. The zero-order chi connectivity index (χ0) is 16.3. The largest absolute Gasteiger partial charge is 0.433 e. The first-order valence-corrected chi connectivity index (χ1v) is 7.29. The van der Waals surface area contributed by atoms with Gasteiger partial charge in [-0.2, -0.15) is 13.2 Å². The first-order valence-electron chi connectivity index (χ1n) is 7.29. The predicted octanol–water partition coefficient (Wildman–Crippen LogP) is 2.79. The topological polar surface area (TPSA) is 36.4 Å². The Bertz CT molecular complexity index is 537. The number of alkyl halides is 3. The summed E-state index contributed by atoms with van der Waals surface area (Å²) < 4.78 is 39.0. The minimum Gasteiger partial charge on any atom is -0.337 e. The van der Waals surface area contributed by atoms with Crippen molar-refractivity contribution in [2.24, 2.45) is 0 Å². The molecule has 7 heteroatoms. The van der Waals surface area contributed by atoms with Crippen LogP contribution in [0.25, 0.3) is 0 Å². The fraction of sp³-hybridized carbons (Fsp3) is 0.600. The highest BCUT2D eigenvalue weighted by molar-refractivity contribution is 5.92. The van der Waals surface area contributed by atoms with E-state index in [0.29, 0.717) is 25.2 Å². The van der Waals surface area contributed by atoms with E-state index in [1.54, 1.807) is 23.9 Å². The van der Waals surface area contributed by atoms with Crippen molar-refractivity contribution in [1.82, 2.24) is 14.8 Å². The van der Waals surface area contributed by atoms with Crippen LogP contribution in [0.5, 0.6) is 0 Å². The quantitative estimate of drug-likeness (QED) is 0.860. The molecule has 1 aliphatic heterocycles. The molecule has 122 valence electrons. The number of pyridine rings is 1. The van der Waals surface area contributed by atoms with Gasteiger partial charge in [0.1, 0.15) is 11.4 Å². The molecule has 0 saturated carbocycles. The van der Waals surface area contributed by atoms with Crippen molar-refractivity contribution in [2.75, 3.05) is 27.2 Å². The maximum absolute atomic E-state index is 13.0. The molecule has 4 nitrogen and oxygen atoms in total. The number of nitrogens with zero attached hydrogens (tertiary/aromatic N) is 3. The van der Waals surface area contributed by atoms with Crippen LogP contribution in [0.3, 0.4) is 0 Å². The maximum Gasteiger partial charge on any atom is 0.433 e. The number of halogens is 3.